The number of aromatic nitrogens is 3. The van der Waals surface area contributed by atoms with E-state index in [1.165, 1.54) is 16.2 Å². The quantitative estimate of drug-likeness (QED) is 0.170. The first-order valence-corrected chi connectivity index (χ1v) is 17.8. The van der Waals surface area contributed by atoms with Gasteiger partial charge in [0.05, 0.1) is 5.69 Å². The summed E-state index contributed by atoms with van der Waals surface area (Å²) in [5.41, 5.74) is 9.93. The smallest absolute Gasteiger partial charge is 0.137 e. The largest absolute Gasteiger partial charge is 0.456 e. The fraction of sp³-hybridized carbons (Fsp3) is 0. The number of rotatable bonds is 5. The number of para-hydroxylation sites is 2. The monoisotopic (exact) mass is 678 g/mol. The van der Waals surface area contributed by atoms with Crippen LogP contribution in [0.25, 0.3) is 82.1 Å². The molecule has 5 nitrogen and oxygen atoms in total. The Bertz CT molecular complexity index is 3180. The Morgan fingerprint density at radius 3 is 1.98 bits per heavy atom. The highest BCUT2D eigenvalue weighted by Gasteiger charge is 2.17. The van der Waals surface area contributed by atoms with E-state index < -0.39 is 0 Å². The molecule has 0 saturated carbocycles. The molecule has 11 aromatic rings. The average Bonchev–Trinajstić information content (AvgIpc) is 3.83. The molecular formula is C48H30N4O. The highest BCUT2D eigenvalue weighted by atomic mass is 16.3. The zero-order valence-corrected chi connectivity index (χ0v) is 28.5. The van der Waals surface area contributed by atoms with Crippen LogP contribution in [-0.2, 0) is 0 Å². The van der Waals surface area contributed by atoms with E-state index in [0.29, 0.717) is 0 Å². The second-order valence-electron chi connectivity index (χ2n) is 13.6. The second kappa shape index (κ2) is 11.7. The predicted octanol–water partition coefficient (Wildman–Crippen LogP) is 12.9. The maximum absolute atomic E-state index is 6.34. The molecule has 0 aliphatic carbocycles. The van der Waals surface area contributed by atoms with Crippen molar-refractivity contribution in [1.29, 1.82) is 0 Å². The average molecular weight is 679 g/mol. The lowest BCUT2D eigenvalue weighted by molar-refractivity contribution is 0.669. The zero-order chi connectivity index (χ0) is 34.9. The van der Waals surface area contributed by atoms with Crippen molar-refractivity contribution in [1.82, 2.24) is 15.0 Å². The summed E-state index contributed by atoms with van der Waals surface area (Å²) in [5, 5.41) is 19.1. The first-order valence-electron chi connectivity index (χ1n) is 17.8. The number of anilines is 3. The maximum Gasteiger partial charge on any atom is 0.137 e. The minimum Gasteiger partial charge on any atom is -0.456 e. The van der Waals surface area contributed by atoms with Crippen molar-refractivity contribution in [2.75, 3.05) is 4.90 Å². The summed E-state index contributed by atoms with van der Waals surface area (Å²) in [6.07, 6.45) is 0. The van der Waals surface area contributed by atoms with Crippen LogP contribution in [0.1, 0.15) is 0 Å². The lowest BCUT2D eigenvalue weighted by Crippen LogP contribution is -2.09. The summed E-state index contributed by atoms with van der Waals surface area (Å²) in [6, 6.07) is 64.1. The molecule has 0 N–H and O–H groups in total. The van der Waals surface area contributed by atoms with Gasteiger partial charge in [-0.2, -0.15) is 4.80 Å². The first-order chi connectivity index (χ1) is 26.2. The molecule has 53 heavy (non-hydrogen) atoms. The number of hydrogen-bond donors (Lipinski definition) is 0. The first kappa shape index (κ1) is 29.5. The van der Waals surface area contributed by atoms with Gasteiger partial charge in [0.25, 0.3) is 0 Å². The van der Waals surface area contributed by atoms with Crippen LogP contribution < -0.4 is 4.90 Å². The van der Waals surface area contributed by atoms with Gasteiger partial charge in [-0.15, -0.1) is 10.2 Å². The summed E-state index contributed by atoms with van der Waals surface area (Å²) in [5.74, 6) is 0. The van der Waals surface area contributed by atoms with Gasteiger partial charge >= 0.3 is 0 Å². The molecule has 248 valence electrons. The van der Waals surface area contributed by atoms with Gasteiger partial charge in [0.1, 0.15) is 22.2 Å². The number of furan rings is 1. The van der Waals surface area contributed by atoms with Crippen molar-refractivity contribution in [3.05, 3.63) is 182 Å². The Balaban J connectivity index is 1.03. The molecule has 0 atom stereocenters. The molecule has 0 aliphatic heterocycles. The molecule has 0 saturated heterocycles. The van der Waals surface area contributed by atoms with Gasteiger partial charge in [-0.25, -0.2) is 0 Å². The second-order valence-corrected chi connectivity index (χ2v) is 13.6. The van der Waals surface area contributed by atoms with Gasteiger partial charge in [-0.05, 0) is 105 Å². The van der Waals surface area contributed by atoms with Gasteiger partial charge in [0, 0.05) is 39.3 Å². The fourth-order valence-electron chi connectivity index (χ4n) is 7.79. The summed E-state index contributed by atoms with van der Waals surface area (Å²) >= 11 is 0. The minimum absolute atomic E-state index is 0.868. The van der Waals surface area contributed by atoms with Gasteiger partial charge in [-0.1, -0.05) is 109 Å². The third-order valence-corrected chi connectivity index (χ3v) is 10.4. The Kier molecular flexibility index (Phi) is 6.48. The van der Waals surface area contributed by atoms with E-state index in [1.807, 2.05) is 42.5 Å². The molecule has 0 amide bonds. The summed E-state index contributed by atoms with van der Waals surface area (Å²) in [7, 11) is 0. The van der Waals surface area contributed by atoms with E-state index >= 15 is 0 Å². The van der Waals surface area contributed by atoms with Gasteiger partial charge in [0.2, 0.25) is 0 Å². The van der Waals surface area contributed by atoms with Crippen LogP contribution in [-0.4, -0.2) is 15.0 Å². The van der Waals surface area contributed by atoms with Crippen LogP contribution in [0.15, 0.2) is 186 Å². The SMILES string of the molecule is c1ccc(-n2nc3ccc4ccc5ccc(-c6ccc(N(c7ccc8ccccc8c7)c7ccc8c(c7)oc7ccccc78)cc6)cc5c4c3n2)cc1. The van der Waals surface area contributed by atoms with Crippen molar-refractivity contribution in [3.8, 4) is 16.8 Å². The fourth-order valence-corrected chi connectivity index (χ4v) is 7.79. The van der Waals surface area contributed by atoms with Crippen LogP contribution in [0.3, 0.4) is 0 Å². The lowest BCUT2D eigenvalue weighted by atomic mass is 9.96. The Hall–Kier alpha value is -7.24. The normalized spacial score (nSPS) is 11.8. The van der Waals surface area contributed by atoms with Gasteiger partial charge in [-0.3, -0.25) is 0 Å². The molecule has 0 bridgehead atoms. The molecule has 5 heteroatoms. The van der Waals surface area contributed by atoms with E-state index in [1.54, 1.807) is 4.80 Å². The van der Waals surface area contributed by atoms with Crippen LogP contribution in [0.2, 0.25) is 0 Å². The number of fused-ring (bicyclic) bond motifs is 9. The topological polar surface area (TPSA) is 47.1 Å². The van der Waals surface area contributed by atoms with Gasteiger partial charge in [0.15, 0.2) is 0 Å². The molecule has 2 heterocycles. The van der Waals surface area contributed by atoms with E-state index in [0.717, 1.165) is 83.0 Å². The zero-order valence-electron chi connectivity index (χ0n) is 28.5. The number of nitrogens with zero attached hydrogens (tertiary/aromatic N) is 4. The maximum atomic E-state index is 6.34. The van der Waals surface area contributed by atoms with Crippen molar-refractivity contribution >= 4 is 82.4 Å². The third-order valence-electron chi connectivity index (χ3n) is 10.4. The molecule has 0 unspecified atom stereocenters. The molecule has 11 rings (SSSR count). The van der Waals surface area contributed by atoms with Crippen LogP contribution in [0, 0.1) is 0 Å². The van der Waals surface area contributed by atoms with E-state index in [-0.39, 0.29) is 0 Å². The predicted molar refractivity (Wildman–Crippen MR) is 219 cm³/mol. The van der Waals surface area contributed by atoms with Crippen LogP contribution in [0.5, 0.6) is 0 Å². The molecule has 0 aliphatic rings. The molecule has 0 spiro atoms. The Morgan fingerprint density at radius 1 is 0.415 bits per heavy atom. The van der Waals surface area contributed by atoms with Crippen molar-refractivity contribution < 1.29 is 4.42 Å². The van der Waals surface area contributed by atoms with Gasteiger partial charge < -0.3 is 9.32 Å². The number of benzene rings is 9. The molecule has 0 fully saturated rings. The van der Waals surface area contributed by atoms with E-state index in [9.17, 15) is 0 Å². The Labute approximate surface area is 304 Å². The van der Waals surface area contributed by atoms with Crippen LogP contribution >= 0.6 is 0 Å². The molecule has 9 aromatic carbocycles. The standard InChI is InChI=1S/C48H30N4O/c1-2-10-38(11-3-1)52-49-44-27-21-34-16-14-33-15-17-36(29-43(33)47(34)48(44)50-52)32-18-22-37(23-19-32)51(39-24-20-31-8-4-5-9-35(31)28-39)40-25-26-42-41-12-6-7-13-45(41)53-46(42)30-40/h1-30H. The summed E-state index contributed by atoms with van der Waals surface area (Å²) in [4.78, 5) is 4.04. The lowest BCUT2D eigenvalue weighted by Gasteiger charge is -2.26. The highest BCUT2D eigenvalue weighted by molar-refractivity contribution is 6.19. The molecule has 0 radical (unpaired) electrons. The highest BCUT2D eigenvalue weighted by Crippen LogP contribution is 2.41. The van der Waals surface area contributed by atoms with E-state index in [2.05, 4.69) is 144 Å². The minimum atomic E-state index is 0.868. The third kappa shape index (κ3) is 4.86. The summed E-state index contributed by atoms with van der Waals surface area (Å²) < 4.78 is 6.34. The van der Waals surface area contributed by atoms with E-state index in [4.69, 9.17) is 14.6 Å². The van der Waals surface area contributed by atoms with Crippen molar-refractivity contribution in [2.24, 2.45) is 0 Å². The van der Waals surface area contributed by atoms with Crippen molar-refractivity contribution in [2.45, 2.75) is 0 Å². The van der Waals surface area contributed by atoms with Crippen molar-refractivity contribution in [3.63, 3.8) is 0 Å². The number of hydrogen-bond acceptors (Lipinski definition) is 4. The molecular weight excluding hydrogens is 649 g/mol. The molecule has 2 aromatic heterocycles. The van der Waals surface area contributed by atoms with Crippen LogP contribution in [0.4, 0.5) is 17.1 Å². The summed E-state index contributed by atoms with van der Waals surface area (Å²) in [6.45, 7) is 0. The Morgan fingerprint density at radius 2 is 1.08 bits per heavy atom.